The normalized spacial score (nSPS) is 23.5. The highest BCUT2D eigenvalue weighted by Crippen LogP contribution is 2.32. The molecule has 2 N–H and O–H groups in total. The maximum Gasteiger partial charge on any atom is 0.490 e. The largest absolute Gasteiger partial charge is 0.490 e. The third-order valence-electron chi connectivity index (χ3n) is 5.10. The Morgan fingerprint density at radius 2 is 1.87 bits per heavy atom. The average Bonchev–Trinajstić information content (AvgIpc) is 3.11. The van der Waals surface area contributed by atoms with Crippen LogP contribution in [0.2, 0.25) is 0 Å². The van der Waals surface area contributed by atoms with Crippen LogP contribution in [0.3, 0.4) is 0 Å². The Morgan fingerprint density at radius 1 is 1.23 bits per heavy atom. The second kappa shape index (κ2) is 11.4. The molecule has 1 aromatic rings. The number of fused-ring (bicyclic) bond motifs is 1. The summed E-state index contributed by atoms with van der Waals surface area (Å²) in [6.07, 6.45) is -2.70. The van der Waals surface area contributed by atoms with E-state index in [1.54, 1.807) is 7.11 Å². The lowest BCUT2D eigenvalue weighted by Crippen LogP contribution is -2.48. The standard InChI is InChI=1S/C18H25FN2O3.C2HF3O2/c1-23-11-9-20-18(22)17-7-6-15-16(24-17)8-10-21(15)12-13-2-4-14(19)5-3-13;3-2(4,5)1(6)7/h2-5,15-17H,6-12H2,1H3,(H,20,22);(H,6,7)/t15-,16-,17-;/m1./s1. The lowest BCUT2D eigenvalue weighted by atomic mass is 9.98. The summed E-state index contributed by atoms with van der Waals surface area (Å²) >= 11 is 0. The number of hydrogen-bond acceptors (Lipinski definition) is 5. The van der Waals surface area contributed by atoms with Crippen molar-refractivity contribution in [3.05, 3.63) is 35.6 Å². The number of carbonyl (C=O) groups excluding carboxylic acids is 1. The topological polar surface area (TPSA) is 88.1 Å². The van der Waals surface area contributed by atoms with Crippen LogP contribution in [0.15, 0.2) is 24.3 Å². The molecular formula is C20H26F4N2O5. The SMILES string of the molecule is COCCNC(=O)[C@H]1CC[C@@H]2[C@@H](CCN2Cc2ccc(F)cc2)O1.O=C(O)C(F)(F)F. The van der Waals surface area contributed by atoms with Crippen molar-refractivity contribution < 1.29 is 41.7 Å². The number of carboxylic acid groups (broad SMARTS) is 1. The van der Waals surface area contributed by atoms with Gasteiger partial charge in [0.1, 0.15) is 11.9 Å². The van der Waals surface area contributed by atoms with E-state index in [9.17, 15) is 22.4 Å². The van der Waals surface area contributed by atoms with E-state index in [0.29, 0.717) is 19.2 Å². The highest BCUT2D eigenvalue weighted by Gasteiger charge is 2.41. The van der Waals surface area contributed by atoms with E-state index in [2.05, 4.69) is 10.2 Å². The molecular weight excluding hydrogens is 424 g/mol. The van der Waals surface area contributed by atoms with E-state index in [-0.39, 0.29) is 23.9 Å². The third kappa shape index (κ3) is 7.75. The highest BCUT2D eigenvalue weighted by molar-refractivity contribution is 5.80. The molecule has 0 aliphatic carbocycles. The Morgan fingerprint density at radius 3 is 2.45 bits per heavy atom. The van der Waals surface area contributed by atoms with Crippen LogP contribution in [-0.4, -0.2) is 73.1 Å². The van der Waals surface area contributed by atoms with E-state index in [0.717, 1.165) is 37.9 Å². The van der Waals surface area contributed by atoms with Gasteiger partial charge in [0.25, 0.3) is 0 Å². The first-order chi connectivity index (χ1) is 14.6. The molecule has 2 aliphatic rings. The van der Waals surface area contributed by atoms with Crippen molar-refractivity contribution >= 4 is 11.9 Å². The van der Waals surface area contributed by atoms with Crippen molar-refractivity contribution in [2.45, 2.75) is 50.2 Å². The number of ether oxygens (including phenoxy) is 2. The van der Waals surface area contributed by atoms with Crippen LogP contribution in [0, 0.1) is 5.82 Å². The molecule has 3 atom stereocenters. The van der Waals surface area contributed by atoms with Crippen LogP contribution in [0.5, 0.6) is 0 Å². The van der Waals surface area contributed by atoms with Crippen molar-refractivity contribution in [2.24, 2.45) is 0 Å². The molecule has 2 heterocycles. The Labute approximate surface area is 177 Å². The molecule has 0 aromatic heterocycles. The Balaban J connectivity index is 0.000000423. The first-order valence-corrected chi connectivity index (χ1v) is 9.82. The second-order valence-corrected chi connectivity index (χ2v) is 7.28. The van der Waals surface area contributed by atoms with Gasteiger partial charge in [0.2, 0.25) is 5.91 Å². The minimum atomic E-state index is -5.08. The average molecular weight is 450 g/mol. The molecule has 174 valence electrons. The molecule has 0 radical (unpaired) electrons. The third-order valence-corrected chi connectivity index (χ3v) is 5.10. The van der Waals surface area contributed by atoms with E-state index >= 15 is 0 Å². The summed E-state index contributed by atoms with van der Waals surface area (Å²) in [6.45, 7) is 2.77. The number of nitrogens with zero attached hydrogens (tertiary/aromatic N) is 1. The summed E-state index contributed by atoms with van der Waals surface area (Å²) in [6, 6.07) is 7.01. The monoisotopic (exact) mass is 450 g/mol. The van der Waals surface area contributed by atoms with Gasteiger partial charge in [0, 0.05) is 32.8 Å². The predicted octanol–water partition coefficient (Wildman–Crippen LogP) is 2.34. The molecule has 3 rings (SSSR count). The number of rotatable bonds is 6. The van der Waals surface area contributed by atoms with Gasteiger partial charge in [-0.2, -0.15) is 13.2 Å². The number of likely N-dealkylation sites (tertiary alicyclic amines) is 1. The zero-order chi connectivity index (χ0) is 23.0. The second-order valence-electron chi connectivity index (χ2n) is 7.28. The molecule has 0 saturated carbocycles. The Kier molecular flexibility index (Phi) is 9.20. The molecule has 0 bridgehead atoms. The van der Waals surface area contributed by atoms with Crippen molar-refractivity contribution in [1.29, 1.82) is 0 Å². The summed E-state index contributed by atoms with van der Waals surface area (Å²) in [5, 5.41) is 9.98. The minimum Gasteiger partial charge on any atom is -0.475 e. The fourth-order valence-electron chi connectivity index (χ4n) is 3.62. The van der Waals surface area contributed by atoms with Crippen molar-refractivity contribution in [3.63, 3.8) is 0 Å². The van der Waals surface area contributed by atoms with E-state index in [1.807, 2.05) is 12.1 Å². The molecule has 11 heteroatoms. The summed E-state index contributed by atoms with van der Waals surface area (Å²) < 4.78 is 55.7. The van der Waals surface area contributed by atoms with Gasteiger partial charge < -0.3 is 19.9 Å². The number of carbonyl (C=O) groups is 2. The molecule has 7 nitrogen and oxygen atoms in total. The number of hydrogen-bond donors (Lipinski definition) is 2. The zero-order valence-electron chi connectivity index (χ0n) is 17.0. The molecule has 2 fully saturated rings. The summed E-state index contributed by atoms with van der Waals surface area (Å²) in [5.41, 5.74) is 1.11. The van der Waals surface area contributed by atoms with Gasteiger partial charge in [-0.05, 0) is 37.0 Å². The first kappa shape index (κ1) is 25.0. The molecule has 1 aromatic carbocycles. The summed E-state index contributed by atoms with van der Waals surface area (Å²) in [7, 11) is 1.61. The van der Waals surface area contributed by atoms with Gasteiger partial charge in [-0.25, -0.2) is 9.18 Å². The molecule has 31 heavy (non-hydrogen) atoms. The highest BCUT2D eigenvalue weighted by atomic mass is 19.4. The quantitative estimate of drug-likeness (QED) is 0.511. The van der Waals surface area contributed by atoms with E-state index in [4.69, 9.17) is 19.4 Å². The van der Waals surface area contributed by atoms with Gasteiger partial charge >= 0.3 is 12.1 Å². The van der Waals surface area contributed by atoms with Gasteiger partial charge in [0.15, 0.2) is 0 Å². The molecule has 1 amide bonds. The van der Waals surface area contributed by atoms with E-state index in [1.165, 1.54) is 12.1 Å². The Bertz CT molecular complexity index is 729. The lowest BCUT2D eigenvalue weighted by Gasteiger charge is -2.35. The molecule has 0 spiro atoms. The smallest absolute Gasteiger partial charge is 0.475 e. The van der Waals surface area contributed by atoms with E-state index < -0.39 is 12.1 Å². The number of aliphatic carboxylic acids is 1. The number of benzene rings is 1. The summed E-state index contributed by atoms with van der Waals surface area (Å²) in [4.78, 5) is 23.4. The van der Waals surface area contributed by atoms with Crippen LogP contribution < -0.4 is 5.32 Å². The molecule has 2 aliphatic heterocycles. The van der Waals surface area contributed by atoms with Crippen LogP contribution in [0.4, 0.5) is 17.6 Å². The maximum absolute atomic E-state index is 13.0. The van der Waals surface area contributed by atoms with Crippen LogP contribution >= 0.6 is 0 Å². The van der Waals surface area contributed by atoms with Gasteiger partial charge in [0.05, 0.1) is 12.7 Å². The first-order valence-electron chi connectivity index (χ1n) is 9.82. The number of alkyl halides is 3. The van der Waals surface area contributed by atoms with Gasteiger partial charge in [-0.1, -0.05) is 12.1 Å². The summed E-state index contributed by atoms with van der Waals surface area (Å²) in [5.74, 6) is -3.00. The lowest BCUT2D eigenvalue weighted by molar-refractivity contribution is -0.192. The number of nitrogens with one attached hydrogen (secondary N) is 1. The van der Waals surface area contributed by atoms with Crippen molar-refractivity contribution in [1.82, 2.24) is 10.2 Å². The maximum atomic E-state index is 13.0. The number of carboxylic acids is 1. The fraction of sp³-hybridized carbons (Fsp3) is 0.600. The van der Waals surface area contributed by atoms with Crippen LogP contribution in [-0.2, 0) is 25.6 Å². The van der Waals surface area contributed by atoms with Crippen molar-refractivity contribution in [2.75, 3.05) is 26.8 Å². The van der Waals surface area contributed by atoms with Crippen LogP contribution in [0.25, 0.3) is 0 Å². The van der Waals surface area contributed by atoms with Gasteiger partial charge in [-0.15, -0.1) is 0 Å². The van der Waals surface area contributed by atoms with Crippen LogP contribution in [0.1, 0.15) is 24.8 Å². The predicted molar refractivity (Wildman–Crippen MR) is 102 cm³/mol. The zero-order valence-corrected chi connectivity index (χ0v) is 17.0. The molecule has 2 saturated heterocycles. The van der Waals surface area contributed by atoms with Gasteiger partial charge in [-0.3, -0.25) is 9.69 Å². The molecule has 0 unspecified atom stereocenters. The number of methoxy groups -OCH3 is 1. The minimum absolute atomic E-state index is 0.0394. The number of amides is 1. The van der Waals surface area contributed by atoms with Crippen molar-refractivity contribution in [3.8, 4) is 0 Å². The fourth-order valence-corrected chi connectivity index (χ4v) is 3.62. The Hall–Kier alpha value is -2.24. The number of halogens is 4.